The first-order valence-corrected chi connectivity index (χ1v) is 5.29. The third kappa shape index (κ3) is 3.37. The summed E-state index contributed by atoms with van der Waals surface area (Å²) in [5.74, 6) is -0.364. The van der Waals surface area contributed by atoms with E-state index in [9.17, 15) is 4.79 Å². The second-order valence-electron chi connectivity index (χ2n) is 3.22. The lowest BCUT2D eigenvalue weighted by Crippen LogP contribution is -2.32. The van der Waals surface area contributed by atoms with Crippen LogP contribution in [0.1, 0.15) is 23.7 Å². The number of nitrogens with zero attached hydrogens (tertiary/aromatic N) is 2. The van der Waals surface area contributed by atoms with Crippen LogP contribution in [0.2, 0.25) is 10.2 Å². The Morgan fingerprint density at radius 1 is 1.69 bits per heavy atom. The molecule has 1 heterocycles. The lowest BCUT2D eigenvalue weighted by Gasteiger charge is -2.11. The van der Waals surface area contributed by atoms with Gasteiger partial charge in [0.2, 0.25) is 0 Å². The third-order valence-electron chi connectivity index (χ3n) is 1.84. The van der Waals surface area contributed by atoms with Crippen molar-refractivity contribution >= 4 is 29.1 Å². The fourth-order valence-electron chi connectivity index (χ4n) is 1.08. The zero-order valence-corrected chi connectivity index (χ0v) is 10.0. The summed E-state index contributed by atoms with van der Waals surface area (Å²) in [6.07, 6.45) is 1.55. The molecule has 0 fully saturated rings. The molecule has 0 spiro atoms. The van der Waals surface area contributed by atoms with E-state index in [-0.39, 0.29) is 34.1 Å². The maximum Gasteiger partial charge on any atom is 0.253 e. The molecule has 1 aromatic heterocycles. The number of amides is 1. The molecule has 1 atom stereocenters. The molecule has 1 unspecified atom stereocenters. The maximum atomic E-state index is 11.7. The highest BCUT2D eigenvalue weighted by Gasteiger charge is 2.13. The summed E-state index contributed by atoms with van der Waals surface area (Å²) in [5.41, 5.74) is 0.256. The Labute approximate surface area is 103 Å². The highest BCUT2D eigenvalue weighted by molar-refractivity contribution is 6.35. The Morgan fingerprint density at radius 2 is 2.38 bits per heavy atom. The molecule has 0 saturated heterocycles. The average molecular weight is 258 g/mol. The minimum absolute atomic E-state index is 0.197. The van der Waals surface area contributed by atoms with Gasteiger partial charge in [0.05, 0.1) is 23.1 Å². The van der Waals surface area contributed by atoms with Crippen LogP contribution in [0.15, 0.2) is 12.3 Å². The fourth-order valence-corrected chi connectivity index (χ4v) is 1.42. The second-order valence-corrected chi connectivity index (χ2v) is 4.02. The van der Waals surface area contributed by atoms with E-state index in [0.717, 1.165) is 0 Å². The van der Waals surface area contributed by atoms with Crippen LogP contribution in [-0.4, -0.2) is 16.9 Å². The first kappa shape index (κ1) is 12.8. The van der Waals surface area contributed by atoms with Gasteiger partial charge in [-0.3, -0.25) is 4.79 Å². The molecular formula is C10H9Cl2N3O. The highest BCUT2D eigenvalue weighted by atomic mass is 35.5. The first-order chi connectivity index (χ1) is 7.54. The van der Waals surface area contributed by atoms with Crippen LogP contribution in [0.4, 0.5) is 0 Å². The quantitative estimate of drug-likeness (QED) is 0.846. The predicted molar refractivity (Wildman–Crippen MR) is 61.4 cm³/mol. The van der Waals surface area contributed by atoms with E-state index >= 15 is 0 Å². The molecule has 0 aromatic carbocycles. The third-order valence-corrected chi connectivity index (χ3v) is 2.35. The van der Waals surface area contributed by atoms with Crippen LogP contribution in [0.5, 0.6) is 0 Å². The van der Waals surface area contributed by atoms with Gasteiger partial charge in [-0.05, 0) is 13.0 Å². The van der Waals surface area contributed by atoms with Gasteiger partial charge in [0.1, 0.15) is 5.15 Å². The molecule has 0 bridgehead atoms. The fraction of sp³-hybridized carbons (Fsp3) is 0.300. The van der Waals surface area contributed by atoms with Crippen LogP contribution < -0.4 is 5.32 Å². The van der Waals surface area contributed by atoms with E-state index in [2.05, 4.69) is 10.3 Å². The maximum absolute atomic E-state index is 11.7. The molecule has 0 aliphatic heterocycles. The number of rotatable bonds is 3. The Kier molecular flexibility index (Phi) is 4.53. The van der Waals surface area contributed by atoms with Crippen LogP contribution >= 0.6 is 23.2 Å². The monoisotopic (exact) mass is 257 g/mol. The van der Waals surface area contributed by atoms with Gasteiger partial charge < -0.3 is 5.32 Å². The number of aromatic nitrogens is 1. The zero-order chi connectivity index (χ0) is 12.1. The first-order valence-electron chi connectivity index (χ1n) is 4.53. The standard InChI is InChI=1S/C10H9Cl2N3O/c1-6(2-3-13)15-10(16)7-4-9(12)14-5-8(7)11/h4-6H,2H2,1H3,(H,15,16). The summed E-state index contributed by atoms with van der Waals surface area (Å²) in [6, 6.07) is 3.12. The van der Waals surface area contributed by atoms with E-state index in [0.29, 0.717) is 0 Å². The molecule has 84 valence electrons. The Hall–Kier alpha value is -1.31. The molecular weight excluding hydrogens is 249 g/mol. The Bertz CT molecular complexity index is 442. The molecule has 0 aliphatic carbocycles. The number of carbonyl (C=O) groups excluding carboxylic acids is 1. The summed E-state index contributed by atoms with van der Waals surface area (Å²) in [4.78, 5) is 15.4. The number of carbonyl (C=O) groups is 1. The normalized spacial score (nSPS) is 11.6. The van der Waals surface area contributed by atoms with Crippen molar-refractivity contribution in [1.82, 2.24) is 10.3 Å². The van der Waals surface area contributed by atoms with E-state index in [1.54, 1.807) is 6.92 Å². The molecule has 0 saturated carbocycles. The molecule has 4 nitrogen and oxygen atoms in total. The summed E-state index contributed by atoms with van der Waals surface area (Å²) >= 11 is 11.5. The van der Waals surface area contributed by atoms with Gasteiger partial charge in [0.15, 0.2) is 0 Å². The predicted octanol–water partition coefficient (Wildman–Crippen LogP) is 2.42. The minimum atomic E-state index is -0.364. The summed E-state index contributed by atoms with van der Waals surface area (Å²) in [5, 5.41) is 11.5. The van der Waals surface area contributed by atoms with Crippen molar-refractivity contribution in [3.63, 3.8) is 0 Å². The van der Waals surface area contributed by atoms with Crippen molar-refractivity contribution in [2.24, 2.45) is 0 Å². The largest absolute Gasteiger partial charge is 0.349 e. The molecule has 1 amide bonds. The minimum Gasteiger partial charge on any atom is -0.349 e. The number of halogens is 2. The molecule has 1 rings (SSSR count). The van der Waals surface area contributed by atoms with Crippen molar-refractivity contribution in [2.45, 2.75) is 19.4 Å². The van der Waals surface area contributed by atoms with E-state index in [4.69, 9.17) is 28.5 Å². The van der Waals surface area contributed by atoms with Gasteiger partial charge >= 0.3 is 0 Å². The lowest BCUT2D eigenvalue weighted by atomic mass is 10.2. The van der Waals surface area contributed by atoms with Crippen molar-refractivity contribution in [2.75, 3.05) is 0 Å². The summed E-state index contributed by atoms with van der Waals surface area (Å²) in [7, 11) is 0. The molecule has 0 aliphatic rings. The van der Waals surface area contributed by atoms with Crippen LogP contribution in [0.3, 0.4) is 0 Å². The number of nitriles is 1. The summed E-state index contributed by atoms with van der Waals surface area (Å²) in [6.45, 7) is 1.73. The topological polar surface area (TPSA) is 65.8 Å². The molecule has 16 heavy (non-hydrogen) atoms. The Balaban J connectivity index is 2.81. The highest BCUT2D eigenvalue weighted by Crippen LogP contribution is 2.18. The number of pyridine rings is 1. The number of hydrogen-bond donors (Lipinski definition) is 1. The van der Waals surface area contributed by atoms with Gasteiger partial charge in [-0.25, -0.2) is 4.98 Å². The van der Waals surface area contributed by atoms with Gasteiger partial charge in [0, 0.05) is 12.2 Å². The van der Waals surface area contributed by atoms with Gasteiger partial charge in [-0.15, -0.1) is 0 Å². The van der Waals surface area contributed by atoms with Gasteiger partial charge in [0.25, 0.3) is 5.91 Å². The summed E-state index contributed by atoms with van der Waals surface area (Å²) < 4.78 is 0. The lowest BCUT2D eigenvalue weighted by molar-refractivity contribution is 0.0941. The smallest absolute Gasteiger partial charge is 0.253 e. The van der Waals surface area contributed by atoms with E-state index < -0.39 is 0 Å². The van der Waals surface area contributed by atoms with Gasteiger partial charge in [-0.2, -0.15) is 5.26 Å². The SMILES string of the molecule is CC(CC#N)NC(=O)c1cc(Cl)ncc1Cl. The molecule has 6 heteroatoms. The Morgan fingerprint density at radius 3 is 3.00 bits per heavy atom. The number of hydrogen-bond acceptors (Lipinski definition) is 3. The van der Waals surface area contributed by atoms with E-state index in [1.165, 1.54) is 12.3 Å². The van der Waals surface area contributed by atoms with Crippen molar-refractivity contribution in [3.8, 4) is 6.07 Å². The van der Waals surface area contributed by atoms with Crippen molar-refractivity contribution < 1.29 is 4.79 Å². The van der Waals surface area contributed by atoms with Crippen LogP contribution in [-0.2, 0) is 0 Å². The average Bonchev–Trinajstić information content (AvgIpc) is 2.21. The van der Waals surface area contributed by atoms with Crippen molar-refractivity contribution in [1.29, 1.82) is 5.26 Å². The number of nitrogens with one attached hydrogen (secondary N) is 1. The van der Waals surface area contributed by atoms with Crippen molar-refractivity contribution in [3.05, 3.63) is 28.0 Å². The second kappa shape index (κ2) is 5.69. The molecule has 1 N–H and O–H groups in total. The molecule has 1 aromatic rings. The van der Waals surface area contributed by atoms with Crippen LogP contribution in [0, 0.1) is 11.3 Å². The van der Waals surface area contributed by atoms with Crippen LogP contribution in [0.25, 0.3) is 0 Å². The zero-order valence-electron chi connectivity index (χ0n) is 8.50. The molecule has 0 radical (unpaired) electrons. The van der Waals surface area contributed by atoms with Gasteiger partial charge in [-0.1, -0.05) is 23.2 Å². The van der Waals surface area contributed by atoms with E-state index in [1.807, 2.05) is 6.07 Å².